The highest BCUT2D eigenvalue weighted by molar-refractivity contribution is 7.25. The Morgan fingerprint density at radius 2 is 1.03 bits per heavy atom. The van der Waals surface area contributed by atoms with Crippen LogP contribution in [0.15, 0.2) is 127 Å². The van der Waals surface area contributed by atoms with Crippen molar-refractivity contribution >= 4 is 54.3 Å². The van der Waals surface area contributed by atoms with E-state index in [1.807, 2.05) is 30.5 Å². The Labute approximate surface area is 211 Å². The average Bonchev–Trinajstić information content (AvgIpc) is 3.29. The highest BCUT2D eigenvalue weighted by Gasteiger charge is 2.12. The molecule has 2 nitrogen and oxygen atoms in total. The Morgan fingerprint density at radius 3 is 1.54 bits per heavy atom. The van der Waals surface area contributed by atoms with E-state index in [-0.39, 0.29) is 0 Å². The third-order valence-electron chi connectivity index (χ3n) is 5.92. The van der Waals surface area contributed by atoms with Gasteiger partial charge in [0, 0.05) is 50.0 Å². The van der Waals surface area contributed by atoms with Crippen molar-refractivity contribution in [3.8, 4) is 0 Å². The molecule has 0 spiro atoms. The maximum atomic E-state index is 3.24. The van der Waals surface area contributed by atoms with Gasteiger partial charge in [-0.1, -0.05) is 72.8 Å². The number of thiophene rings is 1. The minimum Gasteiger partial charge on any atom is -0.388 e. The van der Waals surface area contributed by atoms with Gasteiger partial charge in [-0.05, 0) is 67.1 Å². The van der Waals surface area contributed by atoms with Crippen LogP contribution in [0.5, 0.6) is 0 Å². The Hall–Kier alpha value is -4.08. The van der Waals surface area contributed by atoms with Gasteiger partial charge in [0.2, 0.25) is 0 Å². The zero-order valence-electron chi connectivity index (χ0n) is 20.0. The quantitative estimate of drug-likeness (QED) is 0.275. The fourth-order valence-corrected chi connectivity index (χ4v) is 5.42. The normalized spacial score (nSPS) is 10.6. The summed E-state index contributed by atoms with van der Waals surface area (Å²) in [5.41, 5.74) is 5.81. The summed E-state index contributed by atoms with van der Waals surface area (Å²) in [4.78, 5) is 2.27. The van der Waals surface area contributed by atoms with Crippen molar-refractivity contribution in [1.29, 1.82) is 0 Å². The van der Waals surface area contributed by atoms with Crippen LogP contribution in [-0.2, 0) is 0 Å². The summed E-state index contributed by atoms with van der Waals surface area (Å²) in [6.45, 7) is 2.12. The Morgan fingerprint density at radius 1 is 0.543 bits per heavy atom. The molecule has 172 valence electrons. The van der Waals surface area contributed by atoms with E-state index in [1.54, 1.807) is 0 Å². The number of hydrogen-bond acceptors (Lipinski definition) is 3. The van der Waals surface area contributed by atoms with Gasteiger partial charge in [0.15, 0.2) is 0 Å². The van der Waals surface area contributed by atoms with E-state index in [2.05, 4.69) is 132 Å². The van der Waals surface area contributed by atoms with E-state index in [0.717, 1.165) is 22.7 Å². The molecule has 1 heterocycles. The van der Waals surface area contributed by atoms with E-state index in [9.17, 15) is 0 Å². The van der Waals surface area contributed by atoms with Crippen LogP contribution < -0.4 is 10.2 Å². The number of nitrogens with zero attached hydrogens (tertiary/aromatic N) is 1. The van der Waals surface area contributed by atoms with Crippen molar-refractivity contribution in [3.05, 3.63) is 133 Å². The average molecular weight is 473 g/mol. The first kappa shape index (κ1) is 22.7. The minimum absolute atomic E-state index is 1.12. The van der Waals surface area contributed by atoms with Crippen LogP contribution in [0.3, 0.4) is 0 Å². The van der Waals surface area contributed by atoms with Crippen LogP contribution in [0.4, 0.5) is 22.7 Å². The maximum Gasteiger partial charge on any atom is 0.0484 e. The van der Waals surface area contributed by atoms with Gasteiger partial charge in [-0.3, -0.25) is 0 Å². The zero-order valence-corrected chi connectivity index (χ0v) is 20.8. The van der Waals surface area contributed by atoms with Gasteiger partial charge >= 0.3 is 0 Å². The molecule has 6 rings (SSSR count). The first-order chi connectivity index (χ1) is 17.2. The number of aryl methyl sites for hydroxylation is 1. The van der Waals surface area contributed by atoms with Crippen molar-refractivity contribution in [2.24, 2.45) is 0 Å². The van der Waals surface area contributed by atoms with Gasteiger partial charge in [0.05, 0.1) is 0 Å². The molecule has 1 N–H and O–H groups in total. The minimum atomic E-state index is 1.12. The lowest BCUT2D eigenvalue weighted by molar-refractivity contribution is 1.27. The molecule has 35 heavy (non-hydrogen) atoms. The molecule has 0 unspecified atom stereocenters. The Bertz CT molecular complexity index is 1450. The highest BCUT2D eigenvalue weighted by atomic mass is 32.1. The number of hydrogen-bond donors (Lipinski definition) is 1. The number of fused-ring (bicyclic) bond motifs is 3. The molecule has 5 aromatic carbocycles. The number of para-hydroxylation sites is 2. The SMILES string of the molecule is CNc1cc(C)cc(N(c2ccccc2)c2ccccc2)c1.c1ccc2c(c1)sc1ccccc12. The summed E-state index contributed by atoms with van der Waals surface area (Å²) in [6, 6.07) is 44.6. The van der Waals surface area contributed by atoms with Crippen LogP contribution in [0.2, 0.25) is 0 Å². The van der Waals surface area contributed by atoms with E-state index in [4.69, 9.17) is 0 Å². The molecule has 0 atom stereocenters. The lowest BCUT2D eigenvalue weighted by atomic mass is 10.1. The summed E-state index contributed by atoms with van der Waals surface area (Å²) in [7, 11) is 1.95. The molecule has 0 bridgehead atoms. The smallest absolute Gasteiger partial charge is 0.0484 e. The highest BCUT2D eigenvalue weighted by Crippen LogP contribution is 2.36. The van der Waals surface area contributed by atoms with Crippen molar-refractivity contribution in [3.63, 3.8) is 0 Å². The summed E-state index contributed by atoms with van der Waals surface area (Å²) in [5.74, 6) is 0. The molecule has 0 amide bonds. The number of nitrogens with one attached hydrogen (secondary N) is 1. The van der Waals surface area contributed by atoms with Crippen molar-refractivity contribution in [1.82, 2.24) is 0 Å². The first-order valence-electron chi connectivity index (χ1n) is 11.8. The van der Waals surface area contributed by atoms with Gasteiger partial charge in [-0.25, -0.2) is 0 Å². The van der Waals surface area contributed by atoms with E-state index >= 15 is 0 Å². The molecule has 0 radical (unpaired) electrons. The topological polar surface area (TPSA) is 15.3 Å². The van der Waals surface area contributed by atoms with Crippen LogP contribution in [0, 0.1) is 6.92 Å². The molecule has 0 aliphatic rings. The van der Waals surface area contributed by atoms with Crippen LogP contribution >= 0.6 is 11.3 Å². The summed E-state index contributed by atoms with van der Waals surface area (Å²) >= 11 is 1.86. The monoisotopic (exact) mass is 472 g/mol. The second-order valence-electron chi connectivity index (χ2n) is 8.41. The molecule has 0 aliphatic heterocycles. The lowest BCUT2D eigenvalue weighted by Crippen LogP contribution is -2.10. The molecule has 0 fully saturated rings. The van der Waals surface area contributed by atoms with Crippen LogP contribution in [0.25, 0.3) is 20.2 Å². The van der Waals surface area contributed by atoms with Gasteiger partial charge in [0.25, 0.3) is 0 Å². The fraction of sp³-hybridized carbons (Fsp3) is 0.0625. The maximum absolute atomic E-state index is 3.24. The van der Waals surface area contributed by atoms with Crippen molar-refractivity contribution in [2.45, 2.75) is 6.92 Å². The van der Waals surface area contributed by atoms with Gasteiger partial charge < -0.3 is 10.2 Å². The van der Waals surface area contributed by atoms with E-state index in [1.165, 1.54) is 25.7 Å². The standard InChI is InChI=1S/C20H20N2.C12H8S/c1-16-13-17(21-2)15-20(14-16)22(18-9-5-3-6-10-18)19-11-7-4-8-12-19;1-3-7-11-9(5-1)10-6-2-4-8-12(10)13-11/h3-15,21H,1-2H3;1-8H. The second kappa shape index (κ2) is 10.5. The number of rotatable bonds is 4. The van der Waals surface area contributed by atoms with Gasteiger partial charge in [-0.15, -0.1) is 11.3 Å². The number of benzene rings is 5. The molecule has 1 aromatic heterocycles. The summed E-state index contributed by atoms with van der Waals surface area (Å²) in [6.07, 6.45) is 0. The molecular weight excluding hydrogens is 444 g/mol. The molecule has 0 saturated carbocycles. The third kappa shape index (κ3) is 5.06. The summed E-state index contributed by atoms with van der Waals surface area (Å²) < 4.78 is 2.76. The van der Waals surface area contributed by atoms with E-state index in [0.29, 0.717) is 0 Å². The predicted molar refractivity (Wildman–Crippen MR) is 155 cm³/mol. The first-order valence-corrected chi connectivity index (χ1v) is 12.6. The predicted octanol–water partition coefficient (Wildman–Crippen LogP) is 9.56. The molecule has 0 aliphatic carbocycles. The second-order valence-corrected chi connectivity index (χ2v) is 9.49. The zero-order chi connectivity index (χ0) is 24.0. The van der Waals surface area contributed by atoms with E-state index < -0.39 is 0 Å². The number of anilines is 4. The lowest BCUT2D eigenvalue weighted by Gasteiger charge is -2.26. The van der Waals surface area contributed by atoms with Gasteiger partial charge in [0.1, 0.15) is 0 Å². The van der Waals surface area contributed by atoms with Crippen molar-refractivity contribution in [2.75, 3.05) is 17.3 Å². The third-order valence-corrected chi connectivity index (χ3v) is 7.07. The Balaban J connectivity index is 0.000000164. The van der Waals surface area contributed by atoms with Crippen LogP contribution in [-0.4, -0.2) is 7.05 Å². The van der Waals surface area contributed by atoms with Gasteiger partial charge in [-0.2, -0.15) is 0 Å². The van der Waals surface area contributed by atoms with Crippen molar-refractivity contribution < 1.29 is 0 Å². The molecular formula is C32H28N2S. The fourth-order valence-electron chi connectivity index (χ4n) is 4.31. The Kier molecular flexibility index (Phi) is 6.78. The molecule has 6 aromatic rings. The largest absolute Gasteiger partial charge is 0.388 e. The molecule has 0 saturated heterocycles. The summed E-state index contributed by atoms with van der Waals surface area (Å²) in [5, 5.41) is 6.00. The van der Waals surface area contributed by atoms with Crippen LogP contribution in [0.1, 0.15) is 5.56 Å². The molecule has 3 heteroatoms.